The molecule has 152 valence electrons. The van der Waals surface area contributed by atoms with E-state index in [2.05, 4.69) is 31.2 Å². The molecule has 0 spiro atoms. The van der Waals surface area contributed by atoms with Crippen molar-refractivity contribution in [3.8, 4) is 0 Å². The van der Waals surface area contributed by atoms with Crippen LogP contribution in [-0.4, -0.2) is 39.8 Å². The van der Waals surface area contributed by atoms with Gasteiger partial charge in [-0.05, 0) is 53.0 Å². The number of hydrogen-bond acceptors (Lipinski definition) is 4. The van der Waals surface area contributed by atoms with Gasteiger partial charge in [0, 0.05) is 47.0 Å². The van der Waals surface area contributed by atoms with E-state index in [-0.39, 0.29) is 17.7 Å². The van der Waals surface area contributed by atoms with E-state index in [0.717, 1.165) is 33.8 Å². The van der Waals surface area contributed by atoms with Crippen LogP contribution < -0.4 is 5.32 Å². The molecule has 0 saturated carbocycles. The molecule has 30 heavy (non-hydrogen) atoms. The number of hydrogen-bond donors (Lipinski definition) is 1. The predicted octanol–water partition coefficient (Wildman–Crippen LogP) is 4.28. The highest BCUT2D eigenvalue weighted by molar-refractivity contribution is 9.10. The third-order valence-electron chi connectivity index (χ3n) is 5.15. The third-order valence-corrected chi connectivity index (χ3v) is 5.62. The molecule has 1 aliphatic rings. The van der Waals surface area contributed by atoms with Gasteiger partial charge >= 0.3 is 0 Å². The maximum Gasteiger partial charge on any atom is 0.246 e. The van der Waals surface area contributed by atoms with Crippen LogP contribution in [0.2, 0.25) is 0 Å². The molecular weight excluding hydrogens is 444 g/mol. The molecule has 2 amide bonds. The lowest BCUT2D eigenvalue weighted by atomic mass is 9.97. The van der Waals surface area contributed by atoms with Crippen LogP contribution in [0, 0.1) is 5.92 Å². The summed E-state index contributed by atoms with van der Waals surface area (Å²) in [4.78, 5) is 35.7. The van der Waals surface area contributed by atoms with E-state index in [9.17, 15) is 9.59 Å². The topological polar surface area (TPSA) is 75.2 Å². The Morgan fingerprint density at radius 1 is 1.13 bits per heavy atom. The number of para-hydroxylation sites is 1. The Morgan fingerprint density at radius 2 is 2.00 bits per heavy atom. The number of nitrogens with zero attached hydrogens (tertiary/aromatic N) is 3. The summed E-state index contributed by atoms with van der Waals surface area (Å²) >= 11 is 3.33. The van der Waals surface area contributed by atoms with E-state index in [0.29, 0.717) is 18.9 Å². The second kappa shape index (κ2) is 9.17. The quantitative estimate of drug-likeness (QED) is 0.584. The first kappa shape index (κ1) is 20.2. The number of likely N-dealkylation sites (tertiary alicyclic amines) is 1. The number of rotatable bonds is 4. The highest BCUT2D eigenvalue weighted by atomic mass is 79.9. The number of aromatic nitrogens is 2. The standard InChI is InChI=1S/C23H21BrN4O2/c24-19-9-10-20(26-14-19)27-23(30)18-7-3-13-28(15-18)21(29)11-8-17-5-1-4-16-6-2-12-25-22(16)17/h1-2,4-6,8-12,14,18H,3,7,13,15H2,(H,26,27,30)/b11-8+. The van der Waals surface area contributed by atoms with E-state index < -0.39 is 0 Å². The molecule has 2 aromatic heterocycles. The van der Waals surface area contributed by atoms with E-state index in [1.54, 1.807) is 35.5 Å². The number of carbonyl (C=O) groups excluding carboxylic acids is 2. The first-order valence-corrected chi connectivity index (χ1v) is 10.6. The molecular formula is C23H21BrN4O2. The maximum absolute atomic E-state index is 12.7. The van der Waals surface area contributed by atoms with E-state index in [1.165, 1.54) is 0 Å². The second-order valence-electron chi connectivity index (χ2n) is 7.23. The number of amides is 2. The minimum absolute atomic E-state index is 0.0952. The van der Waals surface area contributed by atoms with Crippen molar-refractivity contribution in [2.75, 3.05) is 18.4 Å². The average molecular weight is 465 g/mol. The van der Waals surface area contributed by atoms with E-state index in [1.807, 2.05) is 36.4 Å². The smallest absolute Gasteiger partial charge is 0.246 e. The van der Waals surface area contributed by atoms with Crippen molar-refractivity contribution >= 4 is 50.5 Å². The Morgan fingerprint density at radius 3 is 2.83 bits per heavy atom. The molecule has 0 radical (unpaired) electrons. The molecule has 0 aliphatic carbocycles. The lowest BCUT2D eigenvalue weighted by Crippen LogP contribution is -2.43. The van der Waals surface area contributed by atoms with Gasteiger partial charge in [0.05, 0.1) is 11.4 Å². The van der Waals surface area contributed by atoms with Gasteiger partial charge in [-0.2, -0.15) is 0 Å². The van der Waals surface area contributed by atoms with Gasteiger partial charge in [0.15, 0.2) is 0 Å². The summed E-state index contributed by atoms with van der Waals surface area (Å²) in [6, 6.07) is 13.3. The third kappa shape index (κ3) is 4.74. The molecule has 6 nitrogen and oxygen atoms in total. The molecule has 1 aliphatic heterocycles. The monoisotopic (exact) mass is 464 g/mol. The van der Waals surface area contributed by atoms with Gasteiger partial charge in [0.2, 0.25) is 11.8 Å². The van der Waals surface area contributed by atoms with Gasteiger partial charge in [-0.1, -0.05) is 24.3 Å². The summed E-state index contributed by atoms with van der Waals surface area (Å²) < 4.78 is 0.850. The number of fused-ring (bicyclic) bond motifs is 1. The van der Waals surface area contributed by atoms with Crippen LogP contribution in [0.5, 0.6) is 0 Å². The van der Waals surface area contributed by atoms with Gasteiger partial charge in [-0.25, -0.2) is 4.98 Å². The second-order valence-corrected chi connectivity index (χ2v) is 8.15. The number of nitrogens with one attached hydrogen (secondary N) is 1. The number of pyridine rings is 2. The normalized spacial score (nSPS) is 16.7. The summed E-state index contributed by atoms with van der Waals surface area (Å²) in [6.45, 7) is 1.05. The Kier molecular flexibility index (Phi) is 6.18. The van der Waals surface area contributed by atoms with Crippen LogP contribution in [-0.2, 0) is 9.59 Å². The largest absolute Gasteiger partial charge is 0.338 e. The molecule has 1 atom stereocenters. The molecule has 1 fully saturated rings. The molecule has 1 aromatic carbocycles. The summed E-state index contributed by atoms with van der Waals surface area (Å²) in [6.07, 6.45) is 8.30. The Balaban J connectivity index is 1.41. The van der Waals surface area contributed by atoms with Crippen LogP contribution in [0.4, 0.5) is 5.82 Å². The SMILES string of the molecule is O=C(Nc1ccc(Br)cn1)C1CCCN(C(=O)/C=C/c2cccc3cccnc23)C1. The lowest BCUT2D eigenvalue weighted by Gasteiger charge is -2.31. The van der Waals surface area contributed by atoms with Gasteiger partial charge in [-0.3, -0.25) is 14.6 Å². The van der Waals surface area contributed by atoms with Crippen LogP contribution in [0.25, 0.3) is 17.0 Å². The Hall–Kier alpha value is -3.06. The van der Waals surface area contributed by atoms with Crippen molar-refractivity contribution in [1.82, 2.24) is 14.9 Å². The van der Waals surface area contributed by atoms with Gasteiger partial charge in [0.25, 0.3) is 0 Å². The van der Waals surface area contributed by atoms with Crippen molar-refractivity contribution in [2.45, 2.75) is 12.8 Å². The van der Waals surface area contributed by atoms with E-state index in [4.69, 9.17) is 0 Å². The molecule has 1 N–H and O–H groups in total. The first-order chi connectivity index (χ1) is 14.6. The van der Waals surface area contributed by atoms with Crippen molar-refractivity contribution < 1.29 is 9.59 Å². The fraction of sp³-hybridized carbons (Fsp3) is 0.217. The molecule has 3 aromatic rings. The molecule has 1 unspecified atom stereocenters. The van der Waals surface area contributed by atoms with Crippen LogP contribution in [0.3, 0.4) is 0 Å². The highest BCUT2D eigenvalue weighted by Gasteiger charge is 2.27. The van der Waals surface area contributed by atoms with Gasteiger partial charge in [-0.15, -0.1) is 0 Å². The molecule has 4 rings (SSSR count). The van der Waals surface area contributed by atoms with Crippen LogP contribution >= 0.6 is 15.9 Å². The zero-order valence-corrected chi connectivity index (χ0v) is 17.9. The predicted molar refractivity (Wildman–Crippen MR) is 121 cm³/mol. The van der Waals surface area contributed by atoms with Crippen molar-refractivity contribution in [2.24, 2.45) is 5.92 Å². The summed E-state index contributed by atoms with van der Waals surface area (Å²) in [5.74, 6) is 0.0579. The minimum Gasteiger partial charge on any atom is -0.338 e. The lowest BCUT2D eigenvalue weighted by molar-refractivity contribution is -0.130. The fourth-order valence-corrected chi connectivity index (χ4v) is 3.83. The molecule has 3 heterocycles. The number of benzene rings is 1. The van der Waals surface area contributed by atoms with Gasteiger partial charge < -0.3 is 10.2 Å². The first-order valence-electron chi connectivity index (χ1n) is 9.83. The van der Waals surface area contributed by atoms with Gasteiger partial charge in [0.1, 0.15) is 5.82 Å². The molecule has 0 bridgehead atoms. The highest BCUT2D eigenvalue weighted by Crippen LogP contribution is 2.21. The van der Waals surface area contributed by atoms with Crippen molar-refractivity contribution in [3.05, 3.63) is 71.0 Å². The van der Waals surface area contributed by atoms with Crippen LogP contribution in [0.1, 0.15) is 18.4 Å². The Bertz CT molecular complexity index is 1090. The summed E-state index contributed by atoms with van der Waals surface area (Å²) in [5, 5.41) is 3.87. The number of piperidine rings is 1. The number of carbonyl (C=O) groups is 2. The van der Waals surface area contributed by atoms with Crippen molar-refractivity contribution in [1.29, 1.82) is 0 Å². The average Bonchev–Trinajstić information content (AvgIpc) is 2.79. The Labute approximate surface area is 183 Å². The maximum atomic E-state index is 12.7. The number of anilines is 1. The van der Waals surface area contributed by atoms with Crippen molar-refractivity contribution in [3.63, 3.8) is 0 Å². The van der Waals surface area contributed by atoms with E-state index >= 15 is 0 Å². The molecule has 1 saturated heterocycles. The zero-order chi connectivity index (χ0) is 20.9. The molecule has 7 heteroatoms. The fourth-order valence-electron chi connectivity index (χ4n) is 3.60. The summed E-state index contributed by atoms with van der Waals surface area (Å²) in [5.41, 5.74) is 1.76. The number of halogens is 1. The van der Waals surface area contributed by atoms with Crippen LogP contribution in [0.15, 0.2) is 65.4 Å². The summed E-state index contributed by atoms with van der Waals surface area (Å²) in [7, 11) is 0. The minimum atomic E-state index is -0.249. The zero-order valence-electron chi connectivity index (χ0n) is 16.3.